The molecule has 0 saturated carbocycles. The van der Waals surface area contributed by atoms with Gasteiger partial charge in [-0.15, -0.1) is 0 Å². The van der Waals surface area contributed by atoms with Crippen LogP contribution in [0.1, 0.15) is 48.5 Å². The highest BCUT2D eigenvalue weighted by atomic mass is 79.9. The second-order valence-electron chi connectivity index (χ2n) is 5.85. The summed E-state index contributed by atoms with van der Waals surface area (Å²) < 4.78 is 0.819. The number of fused-ring (bicyclic) bond motifs is 1. The minimum Gasteiger partial charge on any atom is -0.478 e. The Morgan fingerprint density at radius 2 is 2.00 bits per heavy atom. The Kier molecular flexibility index (Phi) is 4.06. The van der Waals surface area contributed by atoms with Gasteiger partial charge in [0.15, 0.2) is 0 Å². The van der Waals surface area contributed by atoms with E-state index in [2.05, 4.69) is 34.8 Å². The van der Waals surface area contributed by atoms with E-state index in [1.54, 1.807) is 6.07 Å². The van der Waals surface area contributed by atoms with Gasteiger partial charge >= 0.3 is 5.97 Å². The van der Waals surface area contributed by atoms with Gasteiger partial charge in [-0.1, -0.05) is 29.8 Å². The van der Waals surface area contributed by atoms with Gasteiger partial charge in [0, 0.05) is 26.6 Å². The summed E-state index contributed by atoms with van der Waals surface area (Å²) in [6.45, 7) is 4.56. The van der Waals surface area contributed by atoms with Crippen LogP contribution in [0.5, 0.6) is 0 Å². The summed E-state index contributed by atoms with van der Waals surface area (Å²) in [6.07, 6.45) is 4.30. The van der Waals surface area contributed by atoms with E-state index < -0.39 is 5.97 Å². The second kappa shape index (κ2) is 5.69. The molecular weight excluding hydrogens is 350 g/mol. The number of hydrogen-bond acceptors (Lipinski definition) is 2. The summed E-state index contributed by atoms with van der Waals surface area (Å²) in [7, 11) is 0. The van der Waals surface area contributed by atoms with Crippen LogP contribution in [0.25, 0.3) is 10.9 Å². The molecule has 2 aromatic rings. The molecule has 112 valence electrons. The van der Waals surface area contributed by atoms with Gasteiger partial charge in [-0.2, -0.15) is 11.8 Å². The largest absolute Gasteiger partial charge is 0.478 e. The molecule has 3 nitrogen and oxygen atoms in total. The van der Waals surface area contributed by atoms with Crippen molar-refractivity contribution >= 4 is 44.6 Å². The molecule has 0 amide bonds. The van der Waals surface area contributed by atoms with Crippen LogP contribution in [-0.4, -0.2) is 26.6 Å². The average Bonchev–Trinajstić information content (AvgIpc) is 2.79. The van der Waals surface area contributed by atoms with Crippen molar-refractivity contribution in [3.05, 3.63) is 33.9 Å². The van der Waals surface area contributed by atoms with Crippen LogP contribution in [-0.2, 0) is 0 Å². The number of carboxylic acids is 1. The van der Waals surface area contributed by atoms with Gasteiger partial charge in [0.1, 0.15) is 0 Å². The zero-order chi connectivity index (χ0) is 15.1. The highest BCUT2D eigenvalue weighted by Crippen LogP contribution is 2.43. The molecular formula is C16H18BrNO2S. The van der Waals surface area contributed by atoms with Crippen molar-refractivity contribution in [2.24, 2.45) is 0 Å². The van der Waals surface area contributed by atoms with Gasteiger partial charge in [-0.25, -0.2) is 4.79 Å². The first kappa shape index (κ1) is 15.0. The molecule has 1 aromatic heterocycles. The van der Waals surface area contributed by atoms with E-state index in [9.17, 15) is 9.90 Å². The van der Waals surface area contributed by atoms with Gasteiger partial charge in [0.05, 0.1) is 11.1 Å². The van der Waals surface area contributed by atoms with E-state index in [0.717, 1.165) is 28.2 Å². The minimum atomic E-state index is -0.893. The Balaban J connectivity index is 2.10. The van der Waals surface area contributed by atoms with Gasteiger partial charge in [-0.3, -0.25) is 0 Å². The Morgan fingerprint density at radius 1 is 1.33 bits per heavy atom. The number of hydrogen-bond donors (Lipinski definition) is 2. The molecule has 0 bridgehead atoms. The molecule has 5 heteroatoms. The lowest BCUT2D eigenvalue weighted by atomic mass is 9.89. The summed E-state index contributed by atoms with van der Waals surface area (Å²) >= 11 is 5.48. The quantitative estimate of drug-likeness (QED) is 0.783. The summed E-state index contributed by atoms with van der Waals surface area (Å²) in [6, 6.07) is 3.69. The highest BCUT2D eigenvalue weighted by molar-refractivity contribution is 9.10. The van der Waals surface area contributed by atoms with Crippen molar-refractivity contribution in [2.75, 3.05) is 0 Å². The van der Waals surface area contributed by atoms with Gasteiger partial charge in [0.25, 0.3) is 0 Å². The van der Waals surface area contributed by atoms with Crippen LogP contribution in [0.3, 0.4) is 0 Å². The number of benzene rings is 1. The fourth-order valence-electron chi connectivity index (χ4n) is 3.38. The number of aromatic amines is 1. The number of aromatic nitrogens is 1. The highest BCUT2D eigenvalue weighted by Gasteiger charge is 2.28. The average molecular weight is 368 g/mol. The standard InChI is InChI=1S/C16H18BrNO2S/c1-8-3-10(4-9(2)21-8)14-7-18-15-12(14)5-11(17)6-13(15)16(19)20/h5-10,18H,3-4H2,1-2H3,(H,19,20). The first-order chi connectivity index (χ1) is 9.95. The predicted molar refractivity (Wildman–Crippen MR) is 91.4 cm³/mol. The third kappa shape index (κ3) is 2.86. The molecule has 2 unspecified atom stereocenters. The third-order valence-corrected chi connectivity index (χ3v) is 5.93. The van der Waals surface area contributed by atoms with E-state index in [1.807, 2.05) is 24.0 Å². The maximum absolute atomic E-state index is 11.4. The number of carboxylic acid groups (broad SMARTS) is 1. The van der Waals surface area contributed by atoms with E-state index in [-0.39, 0.29) is 0 Å². The smallest absolute Gasteiger partial charge is 0.337 e. The van der Waals surface area contributed by atoms with Crippen LogP contribution in [0.4, 0.5) is 0 Å². The first-order valence-electron chi connectivity index (χ1n) is 7.15. The lowest BCUT2D eigenvalue weighted by Crippen LogP contribution is -2.19. The number of halogens is 1. The Labute approximate surface area is 136 Å². The van der Waals surface area contributed by atoms with Crippen molar-refractivity contribution < 1.29 is 9.90 Å². The Morgan fingerprint density at radius 3 is 2.62 bits per heavy atom. The molecule has 1 fully saturated rings. The van der Waals surface area contributed by atoms with Crippen LogP contribution >= 0.6 is 27.7 Å². The zero-order valence-electron chi connectivity index (χ0n) is 12.0. The summed E-state index contributed by atoms with van der Waals surface area (Å²) in [4.78, 5) is 14.6. The van der Waals surface area contributed by atoms with Crippen molar-refractivity contribution in [3.8, 4) is 0 Å². The van der Waals surface area contributed by atoms with Crippen molar-refractivity contribution in [3.63, 3.8) is 0 Å². The fraction of sp³-hybridized carbons (Fsp3) is 0.438. The second-order valence-corrected chi connectivity index (χ2v) is 8.65. The van der Waals surface area contributed by atoms with E-state index in [4.69, 9.17) is 0 Å². The molecule has 1 saturated heterocycles. The lowest BCUT2D eigenvalue weighted by Gasteiger charge is -2.31. The normalized spacial score (nSPS) is 26.1. The summed E-state index contributed by atoms with van der Waals surface area (Å²) in [5.41, 5.74) is 2.32. The summed E-state index contributed by atoms with van der Waals surface area (Å²) in [5.74, 6) is -0.392. The molecule has 1 aliphatic heterocycles. The summed E-state index contributed by atoms with van der Waals surface area (Å²) in [5, 5.41) is 11.7. The molecule has 3 rings (SSSR count). The fourth-order valence-corrected chi connectivity index (χ4v) is 5.32. The molecule has 2 atom stereocenters. The maximum atomic E-state index is 11.4. The van der Waals surface area contributed by atoms with Crippen molar-refractivity contribution in [1.29, 1.82) is 0 Å². The van der Waals surface area contributed by atoms with Crippen LogP contribution < -0.4 is 0 Å². The van der Waals surface area contributed by atoms with E-state index >= 15 is 0 Å². The topological polar surface area (TPSA) is 53.1 Å². The number of carbonyl (C=O) groups is 1. The Hall–Kier alpha value is -0.940. The molecule has 0 aliphatic carbocycles. The number of nitrogens with one attached hydrogen (secondary N) is 1. The number of aromatic carboxylic acids is 1. The molecule has 0 spiro atoms. The molecule has 21 heavy (non-hydrogen) atoms. The van der Waals surface area contributed by atoms with E-state index in [1.165, 1.54) is 5.56 Å². The third-order valence-electron chi connectivity index (χ3n) is 4.15. The number of H-pyrrole nitrogens is 1. The monoisotopic (exact) mass is 367 g/mol. The van der Waals surface area contributed by atoms with Gasteiger partial charge in [-0.05, 0) is 36.5 Å². The molecule has 2 heterocycles. The van der Waals surface area contributed by atoms with Crippen LogP contribution in [0, 0.1) is 0 Å². The van der Waals surface area contributed by atoms with Crippen molar-refractivity contribution in [2.45, 2.75) is 43.1 Å². The number of rotatable bonds is 2. The first-order valence-corrected chi connectivity index (χ1v) is 8.88. The van der Waals surface area contributed by atoms with Crippen LogP contribution in [0.2, 0.25) is 0 Å². The lowest BCUT2D eigenvalue weighted by molar-refractivity contribution is 0.0699. The zero-order valence-corrected chi connectivity index (χ0v) is 14.4. The van der Waals surface area contributed by atoms with Crippen LogP contribution in [0.15, 0.2) is 22.8 Å². The van der Waals surface area contributed by atoms with Crippen molar-refractivity contribution in [1.82, 2.24) is 4.98 Å². The minimum absolute atomic E-state index is 0.330. The predicted octanol–water partition coefficient (Wildman–Crippen LogP) is 5.02. The Bertz CT molecular complexity index is 687. The van der Waals surface area contributed by atoms with Gasteiger partial charge < -0.3 is 10.1 Å². The molecule has 2 N–H and O–H groups in total. The molecule has 0 radical (unpaired) electrons. The maximum Gasteiger partial charge on any atom is 0.337 e. The van der Waals surface area contributed by atoms with Gasteiger partial charge in [0.2, 0.25) is 0 Å². The van der Waals surface area contributed by atoms with E-state index in [0.29, 0.717) is 22.0 Å². The SMILES string of the molecule is CC1CC(c2c[nH]c3c(C(=O)O)cc(Br)cc23)CC(C)S1. The molecule has 1 aliphatic rings. The molecule has 1 aromatic carbocycles. The number of thioether (sulfide) groups is 1.